The highest BCUT2D eigenvalue weighted by molar-refractivity contribution is 7.89. The fourth-order valence-electron chi connectivity index (χ4n) is 1.31. The van der Waals surface area contributed by atoms with Gasteiger partial charge in [0.15, 0.2) is 0 Å². The monoisotopic (exact) mass is 258 g/mol. The normalized spacial score (nSPS) is 11.4. The molecular weight excluding hydrogens is 240 g/mol. The highest BCUT2D eigenvalue weighted by Crippen LogP contribution is 2.15. The quantitative estimate of drug-likeness (QED) is 0.706. The molecule has 0 saturated carbocycles. The number of ether oxygens (including phenoxy) is 1. The number of benzene rings is 1. The first-order chi connectivity index (χ1) is 8.10. The van der Waals surface area contributed by atoms with E-state index in [4.69, 9.17) is 10.5 Å². The van der Waals surface area contributed by atoms with E-state index in [0.29, 0.717) is 18.8 Å². The van der Waals surface area contributed by atoms with Gasteiger partial charge >= 0.3 is 0 Å². The number of hydrogen-bond donors (Lipinski definition) is 2. The summed E-state index contributed by atoms with van der Waals surface area (Å²) in [5, 5.41) is 0. The SMILES string of the molecule is COc1ccc(S(=O)(=O)NCCCCN)cc1. The van der Waals surface area contributed by atoms with Gasteiger partial charge in [0.05, 0.1) is 12.0 Å². The topological polar surface area (TPSA) is 81.4 Å². The molecule has 3 N–H and O–H groups in total. The van der Waals surface area contributed by atoms with Crippen molar-refractivity contribution in [1.29, 1.82) is 0 Å². The lowest BCUT2D eigenvalue weighted by Crippen LogP contribution is -2.25. The third-order valence-corrected chi connectivity index (χ3v) is 3.77. The van der Waals surface area contributed by atoms with E-state index in [1.54, 1.807) is 12.1 Å². The molecule has 0 bridgehead atoms. The van der Waals surface area contributed by atoms with Gasteiger partial charge in [-0.3, -0.25) is 0 Å². The third-order valence-electron chi connectivity index (χ3n) is 2.29. The number of rotatable bonds is 7. The van der Waals surface area contributed by atoms with Crippen molar-refractivity contribution in [3.8, 4) is 5.75 Å². The van der Waals surface area contributed by atoms with Crippen LogP contribution >= 0.6 is 0 Å². The van der Waals surface area contributed by atoms with Gasteiger partial charge in [-0.05, 0) is 43.7 Å². The number of methoxy groups -OCH3 is 1. The van der Waals surface area contributed by atoms with Gasteiger partial charge in [-0.15, -0.1) is 0 Å². The van der Waals surface area contributed by atoms with Crippen LogP contribution < -0.4 is 15.2 Å². The molecule has 0 aliphatic rings. The second-order valence-electron chi connectivity index (χ2n) is 3.57. The molecule has 17 heavy (non-hydrogen) atoms. The summed E-state index contributed by atoms with van der Waals surface area (Å²) in [6, 6.07) is 6.27. The van der Waals surface area contributed by atoms with Gasteiger partial charge in [-0.1, -0.05) is 0 Å². The van der Waals surface area contributed by atoms with E-state index in [1.807, 2.05) is 0 Å². The maximum absolute atomic E-state index is 11.8. The van der Waals surface area contributed by atoms with Gasteiger partial charge in [0.2, 0.25) is 10.0 Å². The third kappa shape index (κ3) is 4.33. The smallest absolute Gasteiger partial charge is 0.240 e. The molecular formula is C11H18N2O3S. The predicted molar refractivity (Wildman–Crippen MR) is 66.5 cm³/mol. The number of sulfonamides is 1. The zero-order chi connectivity index (χ0) is 12.7. The molecule has 0 aliphatic heterocycles. The molecule has 1 rings (SSSR count). The van der Waals surface area contributed by atoms with Crippen LogP contribution in [0.2, 0.25) is 0 Å². The van der Waals surface area contributed by atoms with Gasteiger partial charge in [-0.25, -0.2) is 13.1 Å². The maximum Gasteiger partial charge on any atom is 0.240 e. The standard InChI is InChI=1S/C11H18N2O3S/c1-16-10-4-6-11(7-5-10)17(14,15)13-9-3-2-8-12/h4-7,13H,2-3,8-9,12H2,1H3. The van der Waals surface area contributed by atoms with E-state index in [9.17, 15) is 8.42 Å². The van der Waals surface area contributed by atoms with Crippen LogP contribution in [0.5, 0.6) is 5.75 Å². The summed E-state index contributed by atoms with van der Waals surface area (Å²) in [5.74, 6) is 0.632. The van der Waals surface area contributed by atoms with Crippen molar-refractivity contribution in [3.05, 3.63) is 24.3 Å². The molecule has 0 heterocycles. The number of hydrogen-bond acceptors (Lipinski definition) is 4. The van der Waals surface area contributed by atoms with Crippen LogP contribution in [0.1, 0.15) is 12.8 Å². The molecule has 0 spiro atoms. The van der Waals surface area contributed by atoms with Crippen LogP contribution in [0.25, 0.3) is 0 Å². The first-order valence-electron chi connectivity index (χ1n) is 5.44. The highest BCUT2D eigenvalue weighted by atomic mass is 32.2. The molecule has 0 unspecified atom stereocenters. The second-order valence-corrected chi connectivity index (χ2v) is 5.34. The summed E-state index contributed by atoms with van der Waals surface area (Å²) in [7, 11) is -1.88. The van der Waals surface area contributed by atoms with Crippen LogP contribution in [0.4, 0.5) is 0 Å². The van der Waals surface area contributed by atoms with Crippen LogP contribution in [-0.2, 0) is 10.0 Å². The van der Waals surface area contributed by atoms with Gasteiger partial charge in [-0.2, -0.15) is 0 Å². The summed E-state index contributed by atoms with van der Waals surface area (Å²) >= 11 is 0. The van der Waals surface area contributed by atoms with Crippen molar-refractivity contribution in [1.82, 2.24) is 4.72 Å². The van der Waals surface area contributed by atoms with Gasteiger partial charge < -0.3 is 10.5 Å². The lowest BCUT2D eigenvalue weighted by Gasteiger charge is -2.07. The van der Waals surface area contributed by atoms with Gasteiger partial charge in [0.1, 0.15) is 5.75 Å². The van der Waals surface area contributed by atoms with Crippen LogP contribution in [-0.4, -0.2) is 28.6 Å². The highest BCUT2D eigenvalue weighted by Gasteiger charge is 2.12. The van der Waals surface area contributed by atoms with E-state index in [0.717, 1.165) is 12.8 Å². The Labute approximate surface area is 102 Å². The second kappa shape index (κ2) is 6.58. The Balaban J connectivity index is 2.62. The zero-order valence-electron chi connectivity index (χ0n) is 9.85. The zero-order valence-corrected chi connectivity index (χ0v) is 10.7. The fraction of sp³-hybridized carbons (Fsp3) is 0.455. The Morgan fingerprint density at radius 3 is 2.41 bits per heavy atom. The molecule has 5 nitrogen and oxygen atoms in total. The lowest BCUT2D eigenvalue weighted by molar-refractivity contribution is 0.414. The van der Waals surface area contributed by atoms with Crippen molar-refractivity contribution < 1.29 is 13.2 Å². The van der Waals surface area contributed by atoms with Crippen LogP contribution in [0, 0.1) is 0 Å². The summed E-state index contributed by atoms with van der Waals surface area (Å²) in [6.07, 6.45) is 1.55. The van der Waals surface area contributed by atoms with Gasteiger partial charge in [0, 0.05) is 6.54 Å². The van der Waals surface area contributed by atoms with E-state index < -0.39 is 10.0 Å². The van der Waals surface area contributed by atoms with E-state index in [1.165, 1.54) is 19.2 Å². The molecule has 0 saturated heterocycles. The van der Waals surface area contributed by atoms with Gasteiger partial charge in [0.25, 0.3) is 0 Å². The molecule has 96 valence electrons. The maximum atomic E-state index is 11.8. The number of unbranched alkanes of at least 4 members (excludes halogenated alkanes) is 1. The number of nitrogens with one attached hydrogen (secondary N) is 1. The Bertz CT molecular complexity index is 429. The fourth-order valence-corrected chi connectivity index (χ4v) is 2.39. The van der Waals surface area contributed by atoms with Crippen molar-refractivity contribution >= 4 is 10.0 Å². The van der Waals surface area contributed by atoms with Crippen LogP contribution in [0.3, 0.4) is 0 Å². The molecule has 6 heteroatoms. The molecule has 0 atom stereocenters. The van der Waals surface area contributed by atoms with Crippen molar-refractivity contribution in [2.75, 3.05) is 20.2 Å². The molecule has 0 amide bonds. The van der Waals surface area contributed by atoms with E-state index in [-0.39, 0.29) is 4.90 Å². The van der Waals surface area contributed by atoms with E-state index >= 15 is 0 Å². The molecule has 0 fully saturated rings. The Hall–Kier alpha value is -1.11. The molecule has 0 aromatic heterocycles. The Morgan fingerprint density at radius 2 is 1.88 bits per heavy atom. The minimum absolute atomic E-state index is 0.242. The summed E-state index contributed by atoms with van der Waals surface area (Å²) < 4.78 is 31.1. The van der Waals surface area contributed by atoms with Crippen molar-refractivity contribution in [2.45, 2.75) is 17.7 Å². The van der Waals surface area contributed by atoms with Crippen molar-refractivity contribution in [3.63, 3.8) is 0 Å². The summed E-state index contributed by atoms with van der Waals surface area (Å²) in [4.78, 5) is 0.242. The largest absolute Gasteiger partial charge is 0.497 e. The molecule has 0 radical (unpaired) electrons. The average Bonchev–Trinajstić information content (AvgIpc) is 2.35. The Morgan fingerprint density at radius 1 is 1.24 bits per heavy atom. The first-order valence-corrected chi connectivity index (χ1v) is 6.92. The van der Waals surface area contributed by atoms with Crippen LogP contribution in [0.15, 0.2) is 29.2 Å². The summed E-state index contributed by atoms with van der Waals surface area (Å²) in [6.45, 7) is 0.982. The minimum Gasteiger partial charge on any atom is -0.497 e. The minimum atomic E-state index is -3.41. The molecule has 0 aliphatic carbocycles. The van der Waals surface area contributed by atoms with E-state index in [2.05, 4.69) is 4.72 Å². The molecule has 1 aromatic carbocycles. The van der Waals surface area contributed by atoms with Crippen molar-refractivity contribution in [2.24, 2.45) is 5.73 Å². The summed E-state index contributed by atoms with van der Waals surface area (Å²) in [5.41, 5.74) is 5.33. The predicted octanol–water partition coefficient (Wildman–Crippen LogP) is 0.712. The lowest BCUT2D eigenvalue weighted by atomic mass is 10.3. The average molecular weight is 258 g/mol. The number of nitrogens with two attached hydrogens (primary N) is 1. The first kappa shape index (κ1) is 14.0. The Kier molecular flexibility index (Phi) is 5.40. The molecule has 1 aromatic rings.